The number of carbonyl (C=O) groups is 1. The molecule has 5 nitrogen and oxygen atoms in total. The van der Waals surface area contributed by atoms with E-state index in [0.717, 1.165) is 40.4 Å². The minimum Gasteiger partial charge on any atom is -0.497 e. The topological polar surface area (TPSA) is 53.3 Å². The molecular weight excluding hydrogens is 340 g/mol. The summed E-state index contributed by atoms with van der Waals surface area (Å²) in [5.74, 6) is 1.66. The molecule has 1 aliphatic rings. The van der Waals surface area contributed by atoms with Crippen LogP contribution in [0, 0.1) is 6.92 Å². The molecule has 3 aromatic rings. The predicted molar refractivity (Wildman–Crippen MR) is 103 cm³/mol. The van der Waals surface area contributed by atoms with Gasteiger partial charge < -0.3 is 9.47 Å². The van der Waals surface area contributed by atoms with E-state index in [9.17, 15) is 4.79 Å². The largest absolute Gasteiger partial charge is 0.497 e. The highest BCUT2D eigenvalue weighted by Crippen LogP contribution is 2.39. The number of fused-ring (bicyclic) bond motifs is 1. The number of ether oxygens (including phenoxy) is 2. The Hall–Kier alpha value is -3.08. The van der Waals surface area contributed by atoms with Crippen molar-refractivity contribution in [3.8, 4) is 17.2 Å². The van der Waals surface area contributed by atoms with Gasteiger partial charge in [0, 0.05) is 18.4 Å². The van der Waals surface area contributed by atoms with Gasteiger partial charge >= 0.3 is 0 Å². The second kappa shape index (κ2) is 6.91. The molecule has 4 rings (SSSR count). The Morgan fingerprint density at radius 1 is 1.04 bits per heavy atom. The van der Waals surface area contributed by atoms with Crippen LogP contribution in [-0.4, -0.2) is 29.8 Å². The predicted octanol–water partition coefficient (Wildman–Crippen LogP) is 4.11. The normalized spacial score (nSPS) is 16.1. The first kappa shape index (κ1) is 17.3. The van der Waals surface area contributed by atoms with Gasteiger partial charge in [0.15, 0.2) is 5.78 Å². The van der Waals surface area contributed by atoms with Gasteiger partial charge in [-0.15, -0.1) is 0 Å². The average molecular weight is 362 g/mol. The average Bonchev–Trinajstić information content (AvgIpc) is 3.12. The maximum Gasteiger partial charge on any atom is 0.166 e. The molecule has 5 heteroatoms. The molecule has 0 unspecified atom stereocenters. The second-order valence-electron chi connectivity index (χ2n) is 6.89. The zero-order chi connectivity index (χ0) is 19.0. The highest BCUT2D eigenvalue weighted by molar-refractivity contribution is 5.98. The lowest BCUT2D eigenvalue weighted by Crippen LogP contribution is -2.20. The number of ketones is 1. The summed E-state index contributed by atoms with van der Waals surface area (Å²) >= 11 is 0. The molecule has 0 saturated carbocycles. The van der Waals surface area contributed by atoms with Crippen molar-refractivity contribution < 1.29 is 14.3 Å². The highest BCUT2D eigenvalue weighted by Gasteiger charge is 2.31. The third-order valence-electron chi connectivity index (χ3n) is 5.20. The number of Topliss-reactive ketones (excluding diaryl/α,β-unsaturated/α-hetero) is 1. The van der Waals surface area contributed by atoms with Crippen molar-refractivity contribution in [1.29, 1.82) is 0 Å². The Bertz CT molecular complexity index is 989. The monoisotopic (exact) mass is 362 g/mol. The van der Waals surface area contributed by atoms with Crippen LogP contribution in [0.1, 0.15) is 39.5 Å². The second-order valence-corrected chi connectivity index (χ2v) is 6.89. The molecule has 0 spiro atoms. The minimum absolute atomic E-state index is 0.0479. The fourth-order valence-corrected chi connectivity index (χ4v) is 3.73. The summed E-state index contributed by atoms with van der Waals surface area (Å²) in [6, 6.07) is 13.9. The standard InChI is InChI=1S/C22H22N2O3/c1-14-4-6-16(7-5-14)24-20-10-15(11-21(25)19(20)13-23-24)18-9-8-17(26-2)12-22(18)27-3/h4-9,12-13,15H,10-11H2,1-3H3/t15-/m1/s1. The van der Waals surface area contributed by atoms with Crippen LogP contribution in [0.4, 0.5) is 0 Å². The van der Waals surface area contributed by atoms with E-state index < -0.39 is 0 Å². The van der Waals surface area contributed by atoms with Crippen LogP contribution in [-0.2, 0) is 6.42 Å². The van der Waals surface area contributed by atoms with Gasteiger partial charge in [-0.3, -0.25) is 4.79 Å². The van der Waals surface area contributed by atoms with E-state index in [0.29, 0.717) is 6.42 Å². The molecular formula is C22H22N2O3. The van der Waals surface area contributed by atoms with Gasteiger partial charge in [0.2, 0.25) is 0 Å². The van der Waals surface area contributed by atoms with Crippen LogP contribution < -0.4 is 9.47 Å². The smallest absolute Gasteiger partial charge is 0.166 e. The van der Waals surface area contributed by atoms with Gasteiger partial charge in [-0.2, -0.15) is 5.10 Å². The number of aromatic nitrogens is 2. The van der Waals surface area contributed by atoms with Crippen molar-refractivity contribution in [3.05, 3.63) is 71.0 Å². The summed E-state index contributed by atoms with van der Waals surface area (Å²) < 4.78 is 12.7. The molecule has 0 amide bonds. The van der Waals surface area contributed by atoms with E-state index in [1.165, 1.54) is 5.56 Å². The van der Waals surface area contributed by atoms with Crippen molar-refractivity contribution in [3.63, 3.8) is 0 Å². The number of hydrogen-bond donors (Lipinski definition) is 0. The number of hydrogen-bond acceptors (Lipinski definition) is 4. The number of nitrogens with zero attached hydrogens (tertiary/aromatic N) is 2. The number of methoxy groups -OCH3 is 2. The van der Waals surface area contributed by atoms with Gasteiger partial charge in [0.25, 0.3) is 0 Å². The highest BCUT2D eigenvalue weighted by atomic mass is 16.5. The van der Waals surface area contributed by atoms with Gasteiger partial charge in [0.1, 0.15) is 11.5 Å². The van der Waals surface area contributed by atoms with Crippen molar-refractivity contribution in [2.75, 3.05) is 14.2 Å². The summed E-state index contributed by atoms with van der Waals surface area (Å²) in [7, 11) is 3.27. The quantitative estimate of drug-likeness (QED) is 0.701. The SMILES string of the molecule is COc1ccc([C@H]2CC(=O)c3cnn(-c4ccc(C)cc4)c3C2)c(OC)c1. The maximum absolute atomic E-state index is 12.8. The molecule has 0 radical (unpaired) electrons. The van der Waals surface area contributed by atoms with E-state index >= 15 is 0 Å². The summed E-state index contributed by atoms with van der Waals surface area (Å²) in [6.45, 7) is 2.05. The number of benzene rings is 2. The zero-order valence-corrected chi connectivity index (χ0v) is 15.7. The van der Waals surface area contributed by atoms with E-state index in [4.69, 9.17) is 9.47 Å². The van der Waals surface area contributed by atoms with Crippen molar-refractivity contribution >= 4 is 5.78 Å². The van der Waals surface area contributed by atoms with Crippen molar-refractivity contribution in [2.45, 2.75) is 25.7 Å². The van der Waals surface area contributed by atoms with Crippen LogP contribution in [0.3, 0.4) is 0 Å². The number of carbonyl (C=O) groups excluding carboxylic acids is 1. The van der Waals surface area contributed by atoms with Crippen LogP contribution in [0.5, 0.6) is 11.5 Å². The molecule has 1 aliphatic carbocycles. The lowest BCUT2D eigenvalue weighted by molar-refractivity contribution is 0.0963. The van der Waals surface area contributed by atoms with Crippen LogP contribution >= 0.6 is 0 Å². The van der Waals surface area contributed by atoms with Crippen molar-refractivity contribution in [2.24, 2.45) is 0 Å². The summed E-state index contributed by atoms with van der Waals surface area (Å²) in [4.78, 5) is 12.8. The van der Waals surface area contributed by atoms with Crippen molar-refractivity contribution in [1.82, 2.24) is 9.78 Å². The Kier molecular flexibility index (Phi) is 4.44. The van der Waals surface area contributed by atoms with Crippen LogP contribution in [0.25, 0.3) is 5.69 Å². The Morgan fingerprint density at radius 3 is 2.52 bits per heavy atom. The van der Waals surface area contributed by atoms with Gasteiger partial charge in [-0.05, 0) is 37.1 Å². The number of aryl methyl sites for hydroxylation is 1. The molecule has 0 N–H and O–H groups in total. The van der Waals surface area contributed by atoms with E-state index in [2.05, 4.69) is 24.2 Å². The lowest BCUT2D eigenvalue weighted by atomic mass is 9.82. The van der Waals surface area contributed by atoms with E-state index in [-0.39, 0.29) is 11.7 Å². The lowest BCUT2D eigenvalue weighted by Gasteiger charge is -2.24. The molecule has 138 valence electrons. The fraction of sp³-hybridized carbons (Fsp3) is 0.273. The molecule has 1 heterocycles. The van der Waals surface area contributed by atoms with E-state index in [1.807, 2.05) is 35.0 Å². The molecule has 27 heavy (non-hydrogen) atoms. The molecule has 0 saturated heterocycles. The summed E-state index contributed by atoms with van der Waals surface area (Å²) in [5.41, 5.74) is 4.86. The van der Waals surface area contributed by atoms with Gasteiger partial charge in [0.05, 0.1) is 37.4 Å². The van der Waals surface area contributed by atoms with Gasteiger partial charge in [-0.1, -0.05) is 23.8 Å². The Balaban J connectivity index is 1.74. The zero-order valence-electron chi connectivity index (χ0n) is 15.7. The third kappa shape index (κ3) is 3.10. The number of rotatable bonds is 4. The van der Waals surface area contributed by atoms with Gasteiger partial charge in [-0.25, -0.2) is 4.68 Å². The molecule has 1 atom stereocenters. The molecule has 0 fully saturated rings. The fourth-order valence-electron chi connectivity index (χ4n) is 3.73. The third-order valence-corrected chi connectivity index (χ3v) is 5.20. The minimum atomic E-state index is 0.0479. The molecule has 0 bridgehead atoms. The first-order valence-electron chi connectivity index (χ1n) is 8.99. The van der Waals surface area contributed by atoms with E-state index in [1.54, 1.807) is 20.4 Å². The first-order valence-corrected chi connectivity index (χ1v) is 8.99. The summed E-state index contributed by atoms with van der Waals surface area (Å²) in [6.07, 6.45) is 2.88. The summed E-state index contributed by atoms with van der Waals surface area (Å²) in [5, 5.41) is 4.49. The maximum atomic E-state index is 12.8. The first-order chi connectivity index (χ1) is 13.1. The molecule has 2 aromatic carbocycles. The molecule has 0 aliphatic heterocycles. The Labute approximate surface area is 158 Å². The molecule has 1 aromatic heterocycles. The Morgan fingerprint density at radius 2 is 1.81 bits per heavy atom. The van der Waals surface area contributed by atoms with Crippen LogP contribution in [0.2, 0.25) is 0 Å². The van der Waals surface area contributed by atoms with Crippen LogP contribution in [0.15, 0.2) is 48.7 Å².